The zero-order valence-corrected chi connectivity index (χ0v) is 13.0. The van der Waals surface area contributed by atoms with Crippen LogP contribution in [-0.2, 0) is 23.0 Å². The van der Waals surface area contributed by atoms with E-state index in [0.29, 0.717) is 23.7 Å². The SMILES string of the molecule is CN(CCc1ccccc1)S(=O)(=O)c1ccc(CN)s1. The first-order valence-corrected chi connectivity index (χ1v) is 8.59. The molecular formula is C14H18N2O2S2. The standard InChI is InChI=1S/C14H18N2O2S2/c1-16(10-9-12-5-3-2-4-6-12)20(17,18)14-8-7-13(11-15)19-14/h2-8H,9-11,15H2,1H3. The van der Waals surface area contributed by atoms with E-state index in [2.05, 4.69) is 0 Å². The molecule has 1 heterocycles. The molecule has 2 N–H and O–H groups in total. The van der Waals surface area contributed by atoms with Gasteiger partial charge in [0.05, 0.1) is 0 Å². The Morgan fingerprint density at radius 3 is 2.45 bits per heavy atom. The zero-order valence-electron chi connectivity index (χ0n) is 11.3. The fraction of sp³-hybridized carbons (Fsp3) is 0.286. The quantitative estimate of drug-likeness (QED) is 0.888. The van der Waals surface area contributed by atoms with E-state index in [9.17, 15) is 8.42 Å². The molecule has 0 atom stereocenters. The van der Waals surface area contributed by atoms with Gasteiger partial charge in [-0.3, -0.25) is 0 Å². The van der Waals surface area contributed by atoms with Gasteiger partial charge in [0.25, 0.3) is 10.0 Å². The van der Waals surface area contributed by atoms with Gasteiger partial charge < -0.3 is 5.73 Å². The van der Waals surface area contributed by atoms with E-state index in [4.69, 9.17) is 5.73 Å². The average Bonchev–Trinajstić information content (AvgIpc) is 2.95. The number of hydrogen-bond acceptors (Lipinski definition) is 4. The monoisotopic (exact) mass is 310 g/mol. The lowest BCUT2D eigenvalue weighted by atomic mass is 10.2. The van der Waals surface area contributed by atoms with E-state index in [-0.39, 0.29) is 0 Å². The van der Waals surface area contributed by atoms with Gasteiger partial charge in [0.1, 0.15) is 4.21 Å². The van der Waals surface area contributed by atoms with Crippen molar-refractivity contribution in [3.8, 4) is 0 Å². The van der Waals surface area contributed by atoms with Crippen LogP contribution in [0.5, 0.6) is 0 Å². The third-order valence-corrected chi connectivity index (χ3v) is 6.49. The molecule has 1 aromatic heterocycles. The van der Waals surface area contributed by atoms with Gasteiger partial charge in [-0.05, 0) is 24.1 Å². The highest BCUT2D eigenvalue weighted by Gasteiger charge is 2.22. The van der Waals surface area contributed by atoms with E-state index in [1.165, 1.54) is 15.6 Å². The molecule has 0 aliphatic rings. The summed E-state index contributed by atoms with van der Waals surface area (Å²) in [7, 11) is -1.79. The Labute approximate surface area is 123 Å². The highest BCUT2D eigenvalue weighted by molar-refractivity contribution is 7.91. The fourth-order valence-electron chi connectivity index (χ4n) is 1.81. The average molecular weight is 310 g/mol. The van der Waals surface area contributed by atoms with Gasteiger partial charge in [-0.2, -0.15) is 4.31 Å². The van der Waals surface area contributed by atoms with E-state index in [0.717, 1.165) is 10.4 Å². The molecule has 1 aromatic carbocycles. The Kier molecular flexibility index (Phi) is 4.93. The first kappa shape index (κ1) is 15.2. The lowest BCUT2D eigenvalue weighted by Crippen LogP contribution is -2.28. The van der Waals surface area contributed by atoms with Crippen molar-refractivity contribution in [1.29, 1.82) is 0 Å². The van der Waals surface area contributed by atoms with Gasteiger partial charge in [-0.25, -0.2) is 8.42 Å². The summed E-state index contributed by atoms with van der Waals surface area (Å²) in [5.41, 5.74) is 6.65. The van der Waals surface area contributed by atoms with Crippen LogP contribution in [0.4, 0.5) is 0 Å². The summed E-state index contributed by atoms with van der Waals surface area (Å²) in [6, 6.07) is 13.2. The van der Waals surface area contributed by atoms with Crippen molar-refractivity contribution >= 4 is 21.4 Å². The molecule has 0 fully saturated rings. The van der Waals surface area contributed by atoms with E-state index >= 15 is 0 Å². The molecule has 0 aliphatic carbocycles. The Morgan fingerprint density at radius 1 is 1.15 bits per heavy atom. The minimum absolute atomic E-state index is 0.355. The third-order valence-electron chi connectivity index (χ3n) is 3.06. The van der Waals surface area contributed by atoms with Crippen molar-refractivity contribution in [3.05, 3.63) is 52.9 Å². The Morgan fingerprint density at radius 2 is 1.85 bits per heavy atom. The van der Waals surface area contributed by atoms with Gasteiger partial charge >= 0.3 is 0 Å². The molecule has 0 amide bonds. The summed E-state index contributed by atoms with van der Waals surface area (Å²) in [5, 5.41) is 0. The number of thiophene rings is 1. The fourth-order valence-corrected chi connectivity index (χ4v) is 4.43. The maximum Gasteiger partial charge on any atom is 0.252 e. The van der Waals surface area contributed by atoms with Gasteiger partial charge in [-0.1, -0.05) is 30.3 Å². The molecule has 4 nitrogen and oxygen atoms in total. The van der Waals surface area contributed by atoms with Crippen molar-refractivity contribution in [2.24, 2.45) is 5.73 Å². The van der Waals surface area contributed by atoms with Crippen LogP contribution < -0.4 is 5.73 Å². The Hall–Kier alpha value is -1.21. The van der Waals surface area contributed by atoms with Crippen LogP contribution in [0.2, 0.25) is 0 Å². The largest absolute Gasteiger partial charge is 0.326 e. The second-order valence-corrected chi connectivity index (χ2v) is 7.93. The second-order valence-electron chi connectivity index (χ2n) is 4.49. The molecule has 0 bridgehead atoms. The van der Waals surface area contributed by atoms with Crippen LogP contribution in [0, 0.1) is 0 Å². The first-order chi connectivity index (χ1) is 9.54. The summed E-state index contributed by atoms with van der Waals surface area (Å²) in [5.74, 6) is 0. The summed E-state index contributed by atoms with van der Waals surface area (Å²) >= 11 is 1.24. The van der Waals surface area contributed by atoms with Gasteiger partial charge in [-0.15, -0.1) is 11.3 Å². The number of rotatable bonds is 6. The lowest BCUT2D eigenvalue weighted by Gasteiger charge is -2.15. The minimum atomic E-state index is -3.40. The molecule has 0 spiro atoms. The van der Waals surface area contributed by atoms with Crippen LogP contribution in [0.1, 0.15) is 10.4 Å². The van der Waals surface area contributed by atoms with Crippen molar-refractivity contribution < 1.29 is 8.42 Å². The second kappa shape index (κ2) is 6.49. The van der Waals surface area contributed by atoms with E-state index < -0.39 is 10.0 Å². The number of benzene rings is 1. The molecule has 0 unspecified atom stereocenters. The molecule has 0 aliphatic heterocycles. The van der Waals surface area contributed by atoms with Gasteiger partial charge in [0.15, 0.2) is 0 Å². The van der Waals surface area contributed by atoms with Crippen LogP contribution >= 0.6 is 11.3 Å². The van der Waals surface area contributed by atoms with Crippen molar-refractivity contribution in [2.75, 3.05) is 13.6 Å². The third kappa shape index (κ3) is 3.46. The van der Waals surface area contributed by atoms with E-state index in [1.807, 2.05) is 30.3 Å². The summed E-state index contributed by atoms with van der Waals surface area (Å²) in [6.45, 7) is 0.829. The molecular weight excluding hydrogens is 292 g/mol. The van der Waals surface area contributed by atoms with Gasteiger partial charge in [0.2, 0.25) is 0 Å². The van der Waals surface area contributed by atoms with E-state index in [1.54, 1.807) is 19.2 Å². The predicted octanol–water partition coefficient (Wildman–Crippen LogP) is 2.07. The number of nitrogens with two attached hydrogens (primary N) is 1. The molecule has 6 heteroatoms. The highest BCUT2D eigenvalue weighted by atomic mass is 32.2. The highest BCUT2D eigenvalue weighted by Crippen LogP contribution is 2.24. The maximum atomic E-state index is 12.4. The number of sulfonamides is 1. The number of nitrogens with zero attached hydrogens (tertiary/aromatic N) is 1. The topological polar surface area (TPSA) is 63.4 Å². The molecule has 0 radical (unpaired) electrons. The van der Waals surface area contributed by atoms with Crippen LogP contribution in [0.15, 0.2) is 46.7 Å². The van der Waals surface area contributed by atoms with Crippen LogP contribution in [0.3, 0.4) is 0 Å². The Balaban J connectivity index is 2.05. The molecule has 2 rings (SSSR count). The zero-order chi connectivity index (χ0) is 14.6. The molecule has 108 valence electrons. The van der Waals surface area contributed by atoms with Crippen LogP contribution in [-0.4, -0.2) is 26.3 Å². The maximum absolute atomic E-state index is 12.4. The van der Waals surface area contributed by atoms with Crippen molar-refractivity contribution in [1.82, 2.24) is 4.31 Å². The molecule has 0 saturated heterocycles. The van der Waals surface area contributed by atoms with Crippen molar-refractivity contribution in [2.45, 2.75) is 17.2 Å². The number of likely N-dealkylation sites (N-methyl/N-ethyl adjacent to an activating group) is 1. The lowest BCUT2D eigenvalue weighted by molar-refractivity contribution is 0.474. The normalized spacial score (nSPS) is 11.9. The minimum Gasteiger partial charge on any atom is -0.326 e. The Bertz CT molecular complexity index is 651. The number of hydrogen-bond donors (Lipinski definition) is 1. The molecule has 0 saturated carbocycles. The van der Waals surface area contributed by atoms with Gasteiger partial charge in [0, 0.05) is 25.0 Å². The summed E-state index contributed by atoms with van der Waals surface area (Å²) < 4.78 is 26.5. The van der Waals surface area contributed by atoms with Crippen molar-refractivity contribution in [3.63, 3.8) is 0 Å². The first-order valence-electron chi connectivity index (χ1n) is 6.33. The smallest absolute Gasteiger partial charge is 0.252 e. The molecule has 20 heavy (non-hydrogen) atoms. The summed E-state index contributed by atoms with van der Waals surface area (Å²) in [6.07, 6.45) is 0.700. The van der Waals surface area contributed by atoms with Crippen LogP contribution in [0.25, 0.3) is 0 Å². The predicted molar refractivity (Wildman–Crippen MR) is 82.2 cm³/mol. The molecule has 2 aromatic rings. The summed E-state index contributed by atoms with van der Waals surface area (Å²) in [4.78, 5) is 0.875.